The number of aliphatic hydroxyl groups is 2. The molecule has 1 unspecified atom stereocenters. The normalized spacial score (nSPS) is 18.4. The summed E-state index contributed by atoms with van der Waals surface area (Å²) in [7, 11) is 0. The Labute approximate surface area is 153 Å². The van der Waals surface area contributed by atoms with Crippen molar-refractivity contribution in [2.24, 2.45) is 0 Å². The molecule has 0 heterocycles. The average molecular weight is 494 g/mol. The maximum absolute atomic E-state index is 13.3. The molecule has 0 aliphatic carbocycles. The minimum Gasteiger partial charge on any atom is -0.350 e. The number of alkyl halides is 17. The van der Waals surface area contributed by atoms with Gasteiger partial charge >= 0.3 is 53.4 Å². The van der Waals surface area contributed by atoms with E-state index >= 15 is 0 Å². The minimum absolute atomic E-state index is 0.102. The molecule has 1 atom stereocenters. The quantitative estimate of drug-likeness (QED) is 0.439. The van der Waals surface area contributed by atoms with Crippen molar-refractivity contribution in [1.82, 2.24) is 0 Å². The Balaban J connectivity index is 6.85. The van der Waals surface area contributed by atoms with E-state index in [9.17, 15) is 74.6 Å². The van der Waals surface area contributed by atoms with Crippen LogP contribution >= 0.6 is 0 Å². The van der Waals surface area contributed by atoms with Crippen LogP contribution in [-0.4, -0.2) is 63.6 Å². The van der Waals surface area contributed by atoms with E-state index in [4.69, 9.17) is 10.2 Å². The Morgan fingerprint density at radius 2 is 0.667 bits per heavy atom. The second-order valence-electron chi connectivity index (χ2n) is 5.67. The topological polar surface area (TPSA) is 40.5 Å². The Hall–Kier alpha value is -1.27. The van der Waals surface area contributed by atoms with Crippen molar-refractivity contribution < 1.29 is 84.9 Å². The molecular formula is C11H7F17O2. The van der Waals surface area contributed by atoms with Crippen LogP contribution in [0.1, 0.15) is 13.3 Å². The third kappa shape index (κ3) is 3.26. The highest BCUT2D eigenvalue weighted by molar-refractivity contribution is 5.16. The van der Waals surface area contributed by atoms with E-state index in [1.54, 1.807) is 0 Å². The molecule has 0 bridgehead atoms. The molecule has 2 N–H and O–H groups in total. The summed E-state index contributed by atoms with van der Waals surface area (Å²) < 4.78 is 221. The van der Waals surface area contributed by atoms with Gasteiger partial charge in [-0.25, -0.2) is 0 Å². The van der Waals surface area contributed by atoms with Gasteiger partial charge in [-0.15, -0.1) is 0 Å². The SMILES string of the molecule is CCC(F)(F)C(F)(F)C(F)(F)C(F)(F)C(F)(F)C(F)(F)C(F)(F)C(O)(F)C(O)(F)F. The molecule has 19 heteroatoms. The zero-order valence-electron chi connectivity index (χ0n) is 13.5. The van der Waals surface area contributed by atoms with Gasteiger partial charge in [-0.1, -0.05) is 6.92 Å². The fourth-order valence-electron chi connectivity index (χ4n) is 1.64. The lowest BCUT2D eigenvalue weighted by atomic mass is 9.86. The molecule has 182 valence electrons. The van der Waals surface area contributed by atoms with Gasteiger partial charge in [0.05, 0.1) is 0 Å². The summed E-state index contributed by atoms with van der Waals surface area (Å²) in [4.78, 5) is 0. The van der Waals surface area contributed by atoms with Gasteiger partial charge in [0.15, 0.2) is 0 Å². The van der Waals surface area contributed by atoms with E-state index in [2.05, 4.69) is 0 Å². The van der Waals surface area contributed by atoms with E-state index < -0.39 is 59.8 Å². The fraction of sp³-hybridized carbons (Fsp3) is 1.00. The third-order valence-corrected chi connectivity index (χ3v) is 3.69. The van der Waals surface area contributed by atoms with Crippen molar-refractivity contribution in [1.29, 1.82) is 0 Å². The van der Waals surface area contributed by atoms with E-state index in [1.807, 2.05) is 0 Å². The van der Waals surface area contributed by atoms with Crippen molar-refractivity contribution in [2.75, 3.05) is 0 Å². The lowest BCUT2D eigenvalue weighted by Crippen LogP contribution is -2.76. The highest BCUT2D eigenvalue weighted by Crippen LogP contribution is 2.64. The maximum Gasteiger partial charge on any atom is 0.418 e. The maximum atomic E-state index is 13.3. The zero-order chi connectivity index (χ0) is 25.2. The Morgan fingerprint density at radius 1 is 0.433 bits per heavy atom. The first-order valence-electron chi connectivity index (χ1n) is 6.72. The van der Waals surface area contributed by atoms with Crippen LogP contribution in [-0.2, 0) is 0 Å². The Bertz CT molecular complexity index is 632. The van der Waals surface area contributed by atoms with Crippen LogP contribution in [0.3, 0.4) is 0 Å². The van der Waals surface area contributed by atoms with Gasteiger partial charge in [-0.05, 0) is 0 Å². The average Bonchev–Trinajstić information content (AvgIpc) is 2.52. The highest BCUT2D eigenvalue weighted by atomic mass is 19.4. The predicted octanol–water partition coefficient (Wildman–Crippen LogP) is 5.09. The molecule has 0 aliphatic rings. The summed E-state index contributed by atoms with van der Waals surface area (Å²) >= 11 is 0. The van der Waals surface area contributed by atoms with Crippen LogP contribution < -0.4 is 0 Å². The Morgan fingerprint density at radius 3 is 0.900 bits per heavy atom. The molecule has 0 radical (unpaired) electrons. The highest BCUT2D eigenvalue weighted by Gasteiger charge is 2.95. The van der Waals surface area contributed by atoms with Crippen molar-refractivity contribution in [3.05, 3.63) is 0 Å². The molecule has 0 amide bonds. The van der Waals surface area contributed by atoms with E-state index in [0.717, 1.165) is 0 Å². The number of hydrogen-bond acceptors (Lipinski definition) is 2. The number of hydrogen-bond donors (Lipinski definition) is 2. The molecule has 0 aromatic carbocycles. The first kappa shape index (κ1) is 28.7. The van der Waals surface area contributed by atoms with E-state index in [0.29, 0.717) is 0 Å². The van der Waals surface area contributed by atoms with Crippen LogP contribution in [0, 0.1) is 0 Å². The van der Waals surface area contributed by atoms with Crippen molar-refractivity contribution in [3.8, 4) is 0 Å². The summed E-state index contributed by atoms with van der Waals surface area (Å²) in [5, 5.41) is 15.5. The van der Waals surface area contributed by atoms with Crippen LogP contribution in [0.4, 0.5) is 74.6 Å². The second-order valence-corrected chi connectivity index (χ2v) is 5.67. The van der Waals surface area contributed by atoms with Gasteiger partial charge in [-0.3, -0.25) is 0 Å². The molecule has 2 nitrogen and oxygen atoms in total. The molecule has 0 rings (SSSR count). The van der Waals surface area contributed by atoms with Gasteiger partial charge in [-0.2, -0.15) is 74.6 Å². The molecule has 0 spiro atoms. The number of halogens is 17. The molecule has 0 aromatic heterocycles. The molecule has 0 saturated heterocycles. The van der Waals surface area contributed by atoms with Gasteiger partial charge in [0, 0.05) is 6.42 Å². The third-order valence-electron chi connectivity index (χ3n) is 3.69. The lowest BCUT2D eigenvalue weighted by molar-refractivity contribution is -0.485. The summed E-state index contributed by atoms with van der Waals surface area (Å²) in [5.41, 5.74) is 0. The summed E-state index contributed by atoms with van der Waals surface area (Å²) in [6, 6.07) is 0. The van der Waals surface area contributed by atoms with Gasteiger partial charge in [0.2, 0.25) is 0 Å². The summed E-state index contributed by atoms with van der Waals surface area (Å²) in [6.07, 6.45) is -9.66. The van der Waals surface area contributed by atoms with Gasteiger partial charge in [0.1, 0.15) is 0 Å². The van der Waals surface area contributed by atoms with Crippen LogP contribution in [0.25, 0.3) is 0 Å². The predicted molar refractivity (Wildman–Crippen MR) is 58.1 cm³/mol. The zero-order valence-corrected chi connectivity index (χ0v) is 13.5. The van der Waals surface area contributed by atoms with Crippen LogP contribution in [0.15, 0.2) is 0 Å². The molecule has 0 saturated carbocycles. The fourth-order valence-corrected chi connectivity index (χ4v) is 1.64. The van der Waals surface area contributed by atoms with Crippen LogP contribution in [0.2, 0.25) is 0 Å². The second kappa shape index (κ2) is 6.86. The Kier molecular flexibility index (Phi) is 6.57. The van der Waals surface area contributed by atoms with Crippen LogP contribution in [0.5, 0.6) is 0 Å². The van der Waals surface area contributed by atoms with Crippen molar-refractivity contribution >= 4 is 0 Å². The smallest absolute Gasteiger partial charge is 0.350 e. The largest absolute Gasteiger partial charge is 0.418 e. The van der Waals surface area contributed by atoms with Crippen molar-refractivity contribution in [3.63, 3.8) is 0 Å². The van der Waals surface area contributed by atoms with Gasteiger partial charge in [0.25, 0.3) is 0 Å². The van der Waals surface area contributed by atoms with E-state index in [-0.39, 0.29) is 6.92 Å². The molecule has 0 fully saturated rings. The molecular weight excluding hydrogens is 487 g/mol. The first-order valence-corrected chi connectivity index (χ1v) is 6.72. The van der Waals surface area contributed by atoms with Crippen molar-refractivity contribution in [2.45, 2.75) is 66.8 Å². The number of rotatable bonds is 9. The molecule has 30 heavy (non-hydrogen) atoms. The monoisotopic (exact) mass is 494 g/mol. The lowest BCUT2D eigenvalue weighted by Gasteiger charge is -2.44. The summed E-state index contributed by atoms with van der Waals surface area (Å²) in [5.74, 6) is -64.1. The standard InChI is InChI=1S/C11H7F17O2/c1-2-3(12,13)4(14,15)5(16,17)6(18,19)7(20,21)8(22,23)9(24,25)10(26,29)11(27,28)30/h29-30H,2H2,1H3. The molecule has 0 aliphatic heterocycles. The molecule has 0 aromatic rings. The first-order chi connectivity index (χ1) is 12.6. The van der Waals surface area contributed by atoms with E-state index in [1.165, 1.54) is 0 Å². The summed E-state index contributed by atoms with van der Waals surface area (Å²) in [6.45, 7) is -0.102. The minimum atomic E-state index is -8.72. The van der Waals surface area contributed by atoms with Gasteiger partial charge < -0.3 is 10.2 Å².